The van der Waals surface area contributed by atoms with E-state index in [4.69, 9.17) is 99.4 Å². The molecule has 0 atom stereocenters. The molecular formula is C92H184N4PbS8-4. The first-order chi connectivity index (χ1) is 50.9. The summed E-state index contributed by atoms with van der Waals surface area (Å²) in [6.45, 7) is 26.9. The summed E-state index contributed by atoms with van der Waals surface area (Å²) >= 11 is 42.2. The number of hydrogen-bond donors (Lipinski definition) is 0. The van der Waals surface area contributed by atoms with Crippen LogP contribution < -0.4 is 0 Å². The molecule has 0 aromatic carbocycles. The normalized spacial score (nSPS) is 10.9. The number of rotatable bonds is 80. The first-order valence-electron chi connectivity index (χ1n) is 46.7. The van der Waals surface area contributed by atoms with Gasteiger partial charge < -0.3 is 119 Å². The van der Waals surface area contributed by atoms with Crippen molar-refractivity contribution < 1.29 is 0 Å². The van der Waals surface area contributed by atoms with Crippen molar-refractivity contribution in [3.05, 3.63) is 0 Å². The molecular weight excluding hydrogens is 1620 g/mol. The van der Waals surface area contributed by atoms with Crippen molar-refractivity contribution in [3.63, 3.8) is 0 Å². The average molecular weight is 1810 g/mol. The summed E-state index contributed by atoms with van der Waals surface area (Å²) in [5, 5.41) is 0. The zero-order valence-corrected chi connectivity index (χ0v) is 82.5. The molecule has 0 amide bonds. The van der Waals surface area contributed by atoms with Gasteiger partial charge in [0.05, 0.1) is 0 Å². The van der Waals surface area contributed by atoms with Crippen LogP contribution in [0.1, 0.15) is 518 Å². The minimum Gasteiger partial charge on any atom is -0.411 e. The van der Waals surface area contributed by atoms with E-state index in [1.165, 1.54) is 462 Å². The van der Waals surface area contributed by atoms with Crippen LogP contribution in [-0.4, -0.2) is 117 Å². The molecule has 628 valence electrons. The van der Waals surface area contributed by atoms with Gasteiger partial charge in [-0.25, -0.2) is 0 Å². The maximum Gasteiger partial charge on any atom is 0.0162 e. The van der Waals surface area contributed by atoms with Gasteiger partial charge in [0.1, 0.15) is 0 Å². The molecule has 0 unspecified atom stereocenters. The molecule has 4 nitrogen and oxygen atoms in total. The van der Waals surface area contributed by atoms with Gasteiger partial charge in [0.25, 0.3) is 0 Å². The summed E-state index contributed by atoms with van der Waals surface area (Å²) < 4.78 is 2.74. The van der Waals surface area contributed by atoms with Crippen LogP contribution in [0.15, 0.2) is 0 Å². The predicted molar refractivity (Wildman–Crippen MR) is 510 cm³/mol. The fraction of sp³-hybridized carbons (Fsp3) is 0.957. The van der Waals surface area contributed by atoms with Gasteiger partial charge in [0.2, 0.25) is 0 Å². The zero-order chi connectivity index (χ0) is 77.2. The maximum atomic E-state index is 5.28. The Kier molecular flexibility index (Phi) is 113. The van der Waals surface area contributed by atoms with Crippen LogP contribution in [0.3, 0.4) is 0 Å². The van der Waals surface area contributed by atoms with E-state index >= 15 is 0 Å². The molecule has 0 aromatic rings. The summed E-state index contributed by atoms with van der Waals surface area (Å²) in [4.78, 5) is 9.08. The summed E-state index contributed by atoms with van der Waals surface area (Å²) in [5.41, 5.74) is 0. The van der Waals surface area contributed by atoms with Crippen LogP contribution in [-0.2, 0) is 50.5 Å². The number of nitrogens with zero attached hydrogens (tertiary/aromatic N) is 4. The standard InChI is InChI=1S/4C23H47NS2.Pb/c4*1-3-5-7-9-11-13-15-17-19-21-24(23(25)26)22-20-18-16-14-12-10-8-6-4-2;/h4*3-22H2,1-2H3,(H,25,26);/p-4. The second kappa shape index (κ2) is 103. The molecule has 0 spiro atoms. The Bertz CT molecular complexity index is 1330. The number of hydrogen-bond acceptors (Lipinski definition) is 8. The predicted octanol–water partition coefficient (Wildman–Crippen LogP) is 32.3. The van der Waals surface area contributed by atoms with E-state index in [0.717, 1.165) is 52.4 Å². The van der Waals surface area contributed by atoms with Crippen molar-refractivity contribution in [1.29, 1.82) is 0 Å². The molecule has 105 heavy (non-hydrogen) atoms. The third-order valence-electron chi connectivity index (χ3n) is 21.3. The Hall–Kier alpha value is 1.36. The molecule has 4 radical (unpaired) electrons. The Morgan fingerprint density at radius 2 is 0.210 bits per heavy atom. The number of unbranched alkanes of at least 4 members (excludes halogenated alkanes) is 64. The average Bonchev–Trinajstić information content (AvgIpc) is 1.36. The van der Waals surface area contributed by atoms with Crippen LogP contribution in [0, 0.1) is 0 Å². The molecule has 0 fully saturated rings. The smallest absolute Gasteiger partial charge is 0.0162 e. The third-order valence-corrected chi connectivity index (χ3v) is 23.4. The molecule has 0 rings (SSSR count). The molecule has 0 aromatic heterocycles. The quantitative estimate of drug-likeness (QED) is 0.0249. The molecule has 0 N–H and O–H groups in total. The van der Waals surface area contributed by atoms with Crippen molar-refractivity contribution in [2.75, 3.05) is 52.4 Å². The Balaban J connectivity index is -0.000000422. The van der Waals surface area contributed by atoms with Crippen molar-refractivity contribution in [2.45, 2.75) is 518 Å². The first kappa shape index (κ1) is 115. The largest absolute Gasteiger partial charge is 0.411 e. The molecule has 0 saturated carbocycles. The molecule has 0 aliphatic heterocycles. The monoisotopic (exact) mass is 1810 g/mol. The van der Waals surface area contributed by atoms with Crippen molar-refractivity contribution in [2.24, 2.45) is 0 Å². The molecule has 0 heterocycles. The number of thiocarbonyl (C=S) groups is 4. The molecule has 13 heteroatoms. The van der Waals surface area contributed by atoms with Crippen LogP contribution in [0.25, 0.3) is 0 Å². The van der Waals surface area contributed by atoms with Gasteiger partial charge in [0, 0.05) is 79.7 Å². The van der Waals surface area contributed by atoms with E-state index in [9.17, 15) is 0 Å². The van der Waals surface area contributed by atoms with Gasteiger partial charge in [-0.3, -0.25) is 0 Å². The van der Waals surface area contributed by atoms with E-state index in [2.05, 4.69) is 75.0 Å². The summed E-state index contributed by atoms with van der Waals surface area (Å²) in [6, 6.07) is 0. The first-order valence-corrected chi connectivity index (χ1v) is 50.0. The second-order valence-electron chi connectivity index (χ2n) is 31.6. The Morgan fingerprint density at radius 1 is 0.143 bits per heavy atom. The van der Waals surface area contributed by atoms with E-state index in [0.29, 0.717) is 17.3 Å². The van der Waals surface area contributed by atoms with Gasteiger partial charge in [0.15, 0.2) is 0 Å². The zero-order valence-electron chi connectivity index (χ0n) is 72.1. The molecule has 0 aliphatic carbocycles. The summed E-state index contributed by atoms with van der Waals surface area (Å²) in [7, 11) is 0. The molecule has 0 saturated heterocycles. The van der Waals surface area contributed by atoms with Gasteiger partial charge >= 0.3 is 0 Å². The van der Waals surface area contributed by atoms with Crippen LogP contribution in [0.4, 0.5) is 0 Å². The van der Waals surface area contributed by atoms with Gasteiger partial charge in [-0.05, 0) is 51.4 Å². The van der Waals surface area contributed by atoms with Crippen molar-refractivity contribution in [3.8, 4) is 0 Å². The Labute approximate surface area is 726 Å². The van der Waals surface area contributed by atoms with E-state index in [1.54, 1.807) is 0 Å². The van der Waals surface area contributed by atoms with E-state index in [-0.39, 0.29) is 27.3 Å². The fourth-order valence-corrected chi connectivity index (χ4v) is 15.5. The fourth-order valence-electron chi connectivity index (χ4n) is 14.1. The summed E-state index contributed by atoms with van der Waals surface area (Å²) in [5.74, 6) is 0. The minimum absolute atomic E-state index is 0. The van der Waals surface area contributed by atoms with Crippen LogP contribution in [0.5, 0.6) is 0 Å². The van der Waals surface area contributed by atoms with Crippen LogP contribution in [0.2, 0.25) is 0 Å². The van der Waals surface area contributed by atoms with Gasteiger partial charge in [-0.1, -0.05) is 484 Å². The topological polar surface area (TPSA) is 13.0 Å². The van der Waals surface area contributed by atoms with Crippen molar-refractivity contribution >= 4 is 144 Å². The third kappa shape index (κ3) is 101. The van der Waals surface area contributed by atoms with Gasteiger partial charge in [-0.15, -0.1) is 0 Å². The van der Waals surface area contributed by atoms with E-state index in [1.807, 2.05) is 0 Å². The maximum absolute atomic E-state index is 5.28. The van der Waals surface area contributed by atoms with E-state index < -0.39 is 0 Å². The molecule has 0 aliphatic rings. The minimum atomic E-state index is 0. The SMILES string of the molecule is CCCCCCCCCCCN(CCCCCCCCCCC)C(=S)[S-].CCCCCCCCCCCN(CCCCCCCCCCC)C(=S)[S-].CCCCCCCCCCCN(CCCCCCCCCCC)C(=S)[S-].CCCCCCCCCCCN(CCCCCCCCCCC)C(=S)[S-].[Pb]. The summed E-state index contributed by atoms with van der Waals surface area (Å²) in [6.07, 6.45) is 99.1. The molecule has 0 bridgehead atoms. The van der Waals surface area contributed by atoms with Gasteiger partial charge in [-0.2, -0.15) is 0 Å². The van der Waals surface area contributed by atoms with Crippen LogP contribution >= 0.6 is 48.9 Å². The second-order valence-corrected chi connectivity index (χ2v) is 35.8. The Morgan fingerprint density at radius 3 is 0.276 bits per heavy atom. The van der Waals surface area contributed by atoms with Crippen molar-refractivity contribution in [1.82, 2.24) is 19.6 Å².